The Balaban J connectivity index is 2.76. The van der Waals surface area contributed by atoms with Crippen LogP contribution in [0, 0.1) is 0 Å². The number of halogens is 3. The van der Waals surface area contributed by atoms with E-state index in [0.29, 0.717) is 13.1 Å². The van der Waals surface area contributed by atoms with E-state index < -0.39 is 11.7 Å². The van der Waals surface area contributed by atoms with Gasteiger partial charge in [-0.2, -0.15) is 13.2 Å². The van der Waals surface area contributed by atoms with Gasteiger partial charge in [-0.15, -0.1) is 0 Å². The van der Waals surface area contributed by atoms with Crippen LogP contribution in [0.1, 0.15) is 74.7 Å². The summed E-state index contributed by atoms with van der Waals surface area (Å²) >= 11 is 0. The van der Waals surface area contributed by atoms with E-state index in [1.807, 2.05) is 6.92 Å². The molecule has 0 bridgehead atoms. The highest BCUT2D eigenvalue weighted by Crippen LogP contribution is 2.29. The lowest BCUT2D eigenvalue weighted by atomic mass is 10.1. The van der Waals surface area contributed by atoms with Crippen molar-refractivity contribution in [2.45, 2.75) is 65.0 Å². The van der Waals surface area contributed by atoms with E-state index in [0.717, 1.165) is 50.7 Å². The van der Waals surface area contributed by atoms with Gasteiger partial charge in [0.2, 0.25) is 0 Å². The Morgan fingerprint density at radius 3 is 2.21 bits per heavy atom. The molecule has 0 N–H and O–H groups in total. The van der Waals surface area contributed by atoms with Crippen molar-refractivity contribution in [2.75, 3.05) is 13.1 Å². The van der Waals surface area contributed by atoms with Crippen molar-refractivity contribution >= 4 is 5.91 Å². The molecule has 1 rings (SSSR count). The number of carbonyl (C=O) groups is 1. The number of hydrogen-bond acceptors (Lipinski definition) is 1. The van der Waals surface area contributed by atoms with Crippen LogP contribution in [0.25, 0.3) is 0 Å². The van der Waals surface area contributed by atoms with Crippen molar-refractivity contribution in [3.8, 4) is 0 Å². The summed E-state index contributed by atoms with van der Waals surface area (Å²) in [6.07, 6.45) is 2.79. The van der Waals surface area contributed by atoms with E-state index in [9.17, 15) is 18.0 Å². The zero-order chi connectivity index (χ0) is 18.0. The average molecular weight is 343 g/mol. The molecule has 136 valence electrons. The highest BCUT2D eigenvalue weighted by atomic mass is 19.4. The highest BCUT2D eigenvalue weighted by molar-refractivity contribution is 5.94. The molecule has 0 aliphatic carbocycles. The third kappa shape index (κ3) is 6.93. The lowest BCUT2D eigenvalue weighted by Gasteiger charge is -2.23. The third-order valence-electron chi connectivity index (χ3n) is 4.04. The van der Waals surface area contributed by atoms with Crippen LogP contribution in [0.2, 0.25) is 0 Å². The van der Waals surface area contributed by atoms with Crippen molar-refractivity contribution in [1.29, 1.82) is 0 Å². The minimum absolute atomic E-state index is 0.120. The monoisotopic (exact) mass is 343 g/mol. The van der Waals surface area contributed by atoms with Gasteiger partial charge >= 0.3 is 6.18 Å². The first kappa shape index (κ1) is 20.5. The molecule has 24 heavy (non-hydrogen) atoms. The molecule has 5 heteroatoms. The standard InChI is InChI=1S/C19H28F3NO/c1-3-5-7-8-9-14-23(13-6-4-2)18(24)16-11-10-12-17(15-16)19(20,21)22/h10-12,15H,3-9,13-14H2,1-2H3. The lowest BCUT2D eigenvalue weighted by molar-refractivity contribution is -0.137. The van der Waals surface area contributed by atoms with Crippen LogP contribution >= 0.6 is 0 Å². The maximum atomic E-state index is 12.8. The fourth-order valence-electron chi connectivity index (χ4n) is 2.58. The van der Waals surface area contributed by atoms with Crippen LogP contribution < -0.4 is 0 Å². The Morgan fingerprint density at radius 2 is 1.58 bits per heavy atom. The van der Waals surface area contributed by atoms with E-state index in [1.54, 1.807) is 4.90 Å². The predicted molar refractivity (Wildman–Crippen MR) is 91.0 cm³/mol. The second-order valence-corrected chi connectivity index (χ2v) is 6.14. The molecule has 0 aliphatic heterocycles. The van der Waals surface area contributed by atoms with E-state index in [-0.39, 0.29) is 11.5 Å². The number of unbranched alkanes of at least 4 members (excludes halogenated alkanes) is 5. The minimum Gasteiger partial charge on any atom is -0.339 e. The predicted octanol–water partition coefficient (Wildman–Crippen LogP) is 5.92. The molecule has 0 radical (unpaired) electrons. The second-order valence-electron chi connectivity index (χ2n) is 6.14. The van der Waals surface area contributed by atoms with Gasteiger partial charge in [0, 0.05) is 18.7 Å². The summed E-state index contributed by atoms with van der Waals surface area (Å²) in [5.41, 5.74) is -0.652. The molecule has 0 saturated carbocycles. The highest BCUT2D eigenvalue weighted by Gasteiger charge is 2.31. The Kier molecular flexibility index (Phi) is 8.87. The van der Waals surface area contributed by atoms with Gasteiger partial charge in [-0.3, -0.25) is 4.79 Å². The molecular weight excluding hydrogens is 315 g/mol. The quantitative estimate of drug-likeness (QED) is 0.483. The topological polar surface area (TPSA) is 20.3 Å². The lowest BCUT2D eigenvalue weighted by Crippen LogP contribution is -2.33. The van der Waals surface area contributed by atoms with E-state index >= 15 is 0 Å². The maximum absolute atomic E-state index is 12.8. The molecule has 0 saturated heterocycles. The summed E-state index contributed by atoms with van der Waals surface area (Å²) in [4.78, 5) is 14.3. The number of hydrogen-bond donors (Lipinski definition) is 0. The van der Waals surface area contributed by atoms with Crippen LogP contribution in [0.3, 0.4) is 0 Å². The van der Waals surface area contributed by atoms with Crippen LogP contribution in [0.15, 0.2) is 24.3 Å². The number of amides is 1. The Hall–Kier alpha value is -1.52. The van der Waals surface area contributed by atoms with Crippen LogP contribution in [-0.4, -0.2) is 23.9 Å². The zero-order valence-corrected chi connectivity index (χ0v) is 14.7. The molecule has 1 aromatic rings. The minimum atomic E-state index is -4.43. The van der Waals surface area contributed by atoms with Crippen molar-refractivity contribution in [3.05, 3.63) is 35.4 Å². The molecule has 0 spiro atoms. The molecule has 1 amide bonds. The van der Waals surface area contributed by atoms with E-state index in [1.165, 1.54) is 18.6 Å². The summed E-state index contributed by atoms with van der Waals surface area (Å²) in [5.74, 6) is -0.301. The number of rotatable bonds is 10. The molecule has 0 aliphatic rings. The van der Waals surface area contributed by atoms with Gasteiger partial charge in [-0.05, 0) is 31.0 Å². The van der Waals surface area contributed by atoms with Crippen molar-refractivity contribution in [2.24, 2.45) is 0 Å². The van der Waals surface area contributed by atoms with Crippen molar-refractivity contribution in [3.63, 3.8) is 0 Å². The first-order valence-corrected chi connectivity index (χ1v) is 8.86. The van der Waals surface area contributed by atoms with Crippen molar-refractivity contribution in [1.82, 2.24) is 4.90 Å². The van der Waals surface area contributed by atoms with E-state index in [4.69, 9.17) is 0 Å². The summed E-state index contributed by atoms with van der Waals surface area (Å²) in [7, 11) is 0. The van der Waals surface area contributed by atoms with Crippen LogP contribution in [0.4, 0.5) is 13.2 Å². The largest absolute Gasteiger partial charge is 0.416 e. The number of nitrogens with zero attached hydrogens (tertiary/aromatic N) is 1. The summed E-state index contributed by atoms with van der Waals surface area (Å²) in [6.45, 7) is 5.39. The Bertz CT molecular complexity index is 500. The molecule has 1 aromatic carbocycles. The summed E-state index contributed by atoms with van der Waals surface area (Å²) in [6, 6.07) is 4.72. The van der Waals surface area contributed by atoms with Gasteiger partial charge in [0.05, 0.1) is 5.56 Å². The van der Waals surface area contributed by atoms with Gasteiger partial charge in [-0.25, -0.2) is 0 Å². The average Bonchev–Trinajstić information content (AvgIpc) is 2.56. The third-order valence-corrected chi connectivity index (χ3v) is 4.04. The van der Waals surface area contributed by atoms with Crippen LogP contribution in [-0.2, 0) is 6.18 Å². The molecule has 0 heterocycles. The number of alkyl halides is 3. The SMILES string of the molecule is CCCCCCCN(CCCC)C(=O)c1cccc(C(F)(F)F)c1. The molecular formula is C19H28F3NO. The van der Waals surface area contributed by atoms with Crippen LogP contribution in [0.5, 0.6) is 0 Å². The van der Waals surface area contributed by atoms with Gasteiger partial charge in [0.1, 0.15) is 0 Å². The smallest absolute Gasteiger partial charge is 0.339 e. The van der Waals surface area contributed by atoms with Gasteiger partial charge in [0.15, 0.2) is 0 Å². The second kappa shape index (κ2) is 10.4. The fourth-order valence-corrected chi connectivity index (χ4v) is 2.58. The van der Waals surface area contributed by atoms with E-state index in [2.05, 4.69) is 6.92 Å². The molecule has 0 fully saturated rings. The Labute approximate surface area is 143 Å². The maximum Gasteiger partial charge on any atom is 0.416 e. The first-order chi connectivity index (χ1) is 11.4. The fraction of sp³-hybridized carbons (Fsp3) is 0.632. The summed E-state index contributed by atoms with van der Waals surface area (Å²) in [5, 5.41) is 0. The van der Waals surface area contributed by atoms with Gasteiger partial charge < -0.3 is 4.90 Å². The number of benzene rings is 1. The summed E-state index contributed by atoms with van der Waals surface area (Å²) < 4.78 is 38.5. The van der Waals surface area contributed by atoms with Gasteiger partial charge in [0.25, 0.3) is 5.91 Å². The van der Waals surface area contributed by atoms with Crippen molar-refractivity contribution < 1.29 is 18.0 Å². The zero-order valence-electron chi connectivity index (χ0n) is 14.7. The molecule has 2 nitrogen and oxygen atoms in total. The molecule has 0 unspecified atom stereocenters. The normalized spacial score (nSPS) is 11.5. The molecule has 0 aromatic heterocycles. The molecule has 0 atom stereocenters. The first-order valence-electron chi connectivity index (χ1n) is 8.86. The Morgan fingerprint density at radius 1 is 0.958 bits per heavy atom. The number of carbonyl (C=O) groups excluding carboxylic acids is 1. The van der Waals surface area contributed by atoms with Gasteiger partial charge in [-0.1, -0.05) is 52.0 Å².